The van der Waals surface area contributed by atoms with Crippen molar-refractivity contribution in [3.8, 4) is 0 Å². The maximum Gasteiger partial charge on any atom is 0.332 e. The van der Waals surface area contributed by atoms with Gasteiger partial charge in [-0.3, -0.25) is 0 Å². The highest BCUT2D eigenvalue weighted by Gasteiger charge is 2.21. The van der Waals surface area contributed by atoms with E-state index >= 15 is 0 Å². The van der Waals surface area contributed by atoms with E-state index in [4.69, 9.17) is 14.6 Å². The molecule has 4 nitrogen and oxygen atoms in total. The van der Waals surface area contributed by atoms with Crippen molar-refractivity contribution in [1.29, 1.82) is 0 Å². The van der Waals surface area contributed by atoms with Crippen LogP contribution in [0, 0.1) is 0 Å². The molecule has 0 aromatic carbocycles. The van der Waals surface area contributed by atoms with E-state index in [0.29, 0.717) is 13.2 Å². The normalized spacial score (nSPS) is 26.8. The van der Waals surface area contributed by atoms with Crippen molar-refractivity contribution in [2.45, 2.75) is 25.6 Å². The van der Waals surface area contributed by atoms with Gasteiger partial charge in [-0.2, -0.15) is 0 Å². The molecule has 1 aliphatic rings. The molecule has 0 aromatic rings. The zero-order valence-corrected chi connectivity index (χ0v) is 6.45. The number of carboxylic acid groups (broad SMARTS) is 1. The molecule has 1 aliphatic heterocycles. The quantitative estimate of drug-likeness (QED) is 0.643. The number of aliphatic carboxylic acids is 1. The molecule has 0 bridgehead atoms. The summed E-state index contributed by atoms with van der Waals surface area (Å²) in [5.74, 6) is -0.920. The Bertz CT molecular complexity index is 139. The molecule has 1 N–H and O–H groups in total. The smallest absolute Gasteiger partial charge is 0.332 e. The van der Waals surface area contributed by atoms with Gasteiger partial charge in [-0.15, -0.1) is 0 Å². The van der Waals surface area contributed by atoms with Gasteiger partial charge in [0.05, 0.1) is 12.7 Å². The molecule has 0 aliphatic carbocycles. The first-order valence-corrected chi connectivity index (χ1v) is 3.66. The molecular weight excluding hydrogens is 148 g/mol. The molecule has 2 atom stereocenters. The number of hydrogen-bond acceptors (Lipinski definition) is 3. The first kappa shape index (κ1) is 8.49. The van der Waals surface area contributed by atoms with Gasteiger partial charge in [0.2, 0.25) is 0 Å². The van der Waals surface area contributed by atoms with Crippen molar-refractivity contribution in [2.75, 3.05) is 13.2 Å². The average Bonchev–Trinajstić information content (AvgIpc) is 2.39. The Hall–Kier alpha value is -0.610. The fourth-order valence-electron chi connectivity index (χ4n) is 0.967. The molecule has 11 heavy (non-hydrogen) atoms. The summed E-state index contributed by atoms with van der Waals surface area (Å²) in [7, 11) is 0. The molecule has 4 heteroatoms. The minimum Gasteiger partial charge on any atom is -0.479 e. The third kappa shape index (κ3) is 2.48. The van der Waals surface area contributed by atoms with Crippen LogP contribution in [0.5, 0.6) is 0 Å². The first-order chi connectivity index (χ1) is 5.20. The Balaban J connectivity index is 2.23. The summed E-state index contributed by atoms with van der Waals surface area (Å²) in [6.45, 7) is 2.73. The molecule has 0 amide bonds. The van der Waals surface area contributed by atoms with Gasteiger partial charge in [-0.1, -0.05) is 0 Å². The van der Waals surface area contributed by atoms with Crippen LogP contribution in [0.15, 0.2) is 0 Å². The van der Waals surface area contributed by atoms with Crippen LogP contribution in [0.4, 0.5) is 0 Å². The molecule has 0 saturated carbocycles. The summed E-state index contributed by atoms with van der Waals surface area (Å²) in [5, 5.41) is 8.48. The number of hydrogen-bond donors (Lipinski definition) is 1. The fourth-order valence-corrected chi connectivity index (χ4v) is 0.967. The molecular formula is C7H12O4. The minimum absolute atomic E-state index is 0.0268. The van der Waals surface area contributed by atoms with Gasteiger partial charge >= 0.3 is 5.97 Å². The standard InChI is InChI=1S/C7H12O4/c1-5(7(8)9)11-6-2-3-10-4-6/h5-6H,2-4H2,1H3,(H,8,9)/t5-,6+/m0/s1. The van der Waals surface area contributed by atoms with Crippen molar-refractivity contribution < 1.29 is 19.4 Å². The van der Waals surface area contributed by atoms with Gasteiger partial charge in [0.1, 0.15) is 0 Å². The van der Waals surface area contributed by atoms with Gasteiger partial charge in [0.15, 0.2) is 6.10 Å². The highest BCUT2D eigenvalue weighted by Crippen LogP contribution is 2.10. The average molecular weight is 160 g/mol. The lowest BCUT2D eigenvalue weighted by atomic mass is 10.3. The number of rotatable bonds is 3. The molecule has 0 aromatic heterocycles. The molecule has 1 heterocycles. The summed E-state index contributed by atoms with van der Waals surface area (Å²) in [4.78, 5) is 10.3. The third-order valence-corrected chi connectivity index (χ3v) is 1.63. The van der Waals surface area contributed by atoms with Crippen LogP contribution in [0.1, 0.15) is 13.3 Å². The number of carboxylic acids is 1. The molecule has 1 fully saturated rings. The Labute approximate surface area is 65.1 Å². The largest absolute Gasteiger partial charge is 0.479 e. The Kier molecular flexibility index (Phi) is 2.84. The van der Waals surface area contributed by atoms with E-state index in [1.807, 2.05) is 0 Å². The van der Waals surface area contributed by atoms with Crippen LogP contribution in [0.25, 0.3) is 0 Å². The lowest BCUT2D eigenvalue weighted by Gasteiger charge is -2.12. The molecule has 1 rings (SSSR count). The summed E-state index contributed by atoms with van der Waals surface area (Å²) in [5.41, 5.74) is 0. The van der Waals surface area contributed by atoms with Crippen LogP contribution in [0.3, 0.4) is 0 Å². The predicted octanol–water partition coefficient (Wildman–Crippen LogP) is 0.265. The Morgan fingerprint density at radius 3 is 3.00 bits per heavy atom. The fraction of sp³-hybridized carbons (Fsp3) is 0.857. The highest BCUT2D eigenvalue weighted by atomic mass is 16.6. The van der Waals surface area contributed by atoms with Gasteiger partial charge in [-0.25, -0.2) is 4.79 Å². The topological polar surface area (TPSA) is 55.8 Å². The van der Waals surface area contributed by atoms with Gasteiger partial charge in [0.25, 0.3) is 0 Å². The SMILES string of the molecule is C[C@H](O[C@@H]1CCOC1)C(=O)O. The lowest BCUT2D eigenvalue weighted by Crippen LogP contribution is -2.26. The van der Waals surface area contributed by atoms with Crippen molar-refractivity contribution in [3.63, 3.8) is 0 Å². The van der Waals surface area contributed by atoms with Crippen molar-refractivity contribution in [3.05, 3.63) is 0 Å². The monoisotopic (exact) mass is 160 g/mol. The van der Waals surface area contributed by atoms with Crippen molar-refractivity contribution in [1.82, 2.24) is 0 Å². The van der Waals surface area contributed by atoms with Gasteiger partial charge in [0, 0.05) is 6.61 Å². The number of carbonyl (C=O) groups is 1. The van der Waals surface area contributed by atoms with Gasteiger partial charge in [-0.05, 0) is 13.3 Å². The lowest BCUT2D eigenvalue weighted by molar-refractivity contribution is -0.152. The number of ether oxygens (including phenoxy) is 2. The van der Waals surface area contributed by atoms with E-state index in [1.165, 1.54) is 6.92 Å². The second kappa shape index (κ2) is 3.69. The van der Waals surface area contributed by atoms with Crippen LogP contribution < -0.4 is 0 Å². The van der Waals surface area contributed by atoms with E-state index in [2.05, 4.69) is 0 Å². The van der Waals surface area contributed by atoms with Crippen LogP contribution in [-0.4, -0.2) is 36.5 Å². The Morgan fingerprint density at radius 1 is 1.82 bits per heavy atom. The van der Waals surface area contributed by atoms with E-state index in [-0.39, 0.29) is 6.10 Å². The predicted molar refractivity (Wildman–Crippen MR) is 37.4 cm³/mol. The molecule has 64 valence electrons. The van der Waals surface area contributed by atoms with Crippen LogP contribution in [-0.2, 0) is 14.3 Å². The maximum absolute atomic E-state index is 10.3. The second-order valence-corrected chi connectivity index (χ2v) is 2.60. The minimum atomic E-state index is -0.920. The first-order valence-electron chi connectivity index (χ1n) is 3.66. The zero-order valence-electron chi connectivity index (χ0n) is 6.45. The maximum atomic E-state index is 10.3. The van der Waals surface area contributed by atoms with Crippen LogP contribution >= 0.6 is 0 Å². The van der Waals surface area contributed by atoms with E-state index < -0.39 is 12.1 Å². The summed E-state index contributed by atoms with van der Waals surface area (Å²) in [6, 6.07) is 0. The van der Waals surface area contributed by atoms with Crippen molar-refractivity contribution in [2.24, 2.45) is 0 Å². The molecule has 0 unspecified atom stereocenters. The van der Waals surface area contributed by atoms with E-state index in [1.54, 1.807) is 0 Å². The Morgan fingerprint density at radius 2 is 2.55 bits per heavy atom. The third-order valence-electron chi connectivity index (χ3n) is 1.63. The molecule has 0 radical (unpaired) electrons. The van der Waals surface area contributed by atoms with E-state index in [9.17, 15) is 4.79 Å². The van der Waals surface area contributed by atoms with E-state index in [0.717, 1.165) is 6.42 Å². The second-order valence-electron chi connectivity index (χ2n) is 2.60. The zero-order chi connectivity index (χ0) is 8.27. The van der Waals surface area contributed by atoms with Crippen LogP contribution in [0.2, 0.25) is 0 Å². The van der Waals surface area contributed by atoms with Gasteiger partial charge < -0.3 is 14.6 Å². The summed E-state index contributed by atoms with van der Waals surface area (Å²) < 4.78 is 10.2. The summed E-state index contributed by atoms with van der Waals surface area (Å²) in [6.07, 6.45) is 0.0558. The molecule has 1 saturated heterocycles. The highest BCUT2D eigenvalue weighted by molar-refractivity contribution is 5.71. The van der Waals surface area contributed by atoms with Crippen molar-refractivity contribution >= 4 is 5.97 Å². The summed E-state index contributed by atoms with van der Waals surface area (Å²) >= 11 is 0. The molecule has 0 spiro atoms.